The molecule has 9 heteroatoms. The lowest BCUT2D eigenvalue weighted by atomic mass is 9.92. The summed E-state index contributed by atoms with van der Waals surface area (Å²) in [4.78, 5) is 29.4. The van der Waals surface area contributed by atoms with Gasteiger partial charge in [-0.1, -0.05) is 6.42 Å². The van der Waals surface area contributed by atoms with Crippen molar-refractivity contribution in [2.24, 2.45) is 17.8 Å². The maximum absolute atomic E-state index is 12.9. The minimum atomic E-state index is -0.0140. The van der Waals surface area contributed by atoms with Gasteiger partial charge in [0.15, 0.2) is 0 Å². The van der Waals surface area contributed by atoms with E-state index in [2.05, 4.69) is 49.7 Å². The third-order valence-corrected chi connectivity index (χ3v) is 10.0. The molecule has 2 saturated heterocycles. The molecule has 3 atom stereocenters. The standard InChI is InChI=1S/C31H43N7O2/c39-31-33-21-25-20-32-30(35-29(25)38(31)28-19-23-3-4-24(28)18-23)34-26-5-7-27(8-6-26)37-12-9-22(10-13-37)2-1-11-36-14-16-40-17-15-36/h5-8,20,22-24,28H,1-4,9-19,21H2,(H,33,39)(H,32,34,35). The van der Waals surface area contributed by atoms with Crippen LogP contribution in [0.4, 0.5) is 27.9 Å². The number of hydrogen-bond acceptors (Lipinski definition) is 7. The fourth-order valence-electron chi connectivity index (χ4n) is 7.77. The molecule has 2 aromatic rings. The fraction of sp³-hybridized carbons (Fsp3) is 0.645. The number of benzene rings is 1. The molecule has 0 radical (unpaired) electrons. The first kappa shape index (κ1) is 26.0. The molecule has 9 nitrogen and oxygen atoms in total. The summed E-state index contributed by atoms with van der Waals surface area (Å²) in [6, 6.07) is 8.89. The molecule has 4 fully saturated rings. The molecule has 2 amide bonds. The van der Waals surface area contributed by atoms with Crippen molar-refractivity contribution in [3.63, 3.8) is 0 Å². The van der Waals surface area contributed by atoms with Gasteiger partial charge in [-0.05, 0) is 93.5 Å². The minimum absolute atomic E-state index is 0.0140. The lowest BCUT2D eigenvalue weighted by Gasteiger charge is -2.37. The van der Waals surface area contributed by atoms with Crippen LogP contribution < -0.4 is 20.4 Å². The molecule has 0 spiro atoms. The molecule has 1 aromatic heterocycles. The van der Waals surface area contributed by atoms with Crippen LogP contribution in [-0.2, 0) is 11.3 Å². The van der Waals surface area contributed by atoms with Crippen molar-refractivity contribution in [1.29, 1.82) is 0 Å². The molecular formula is C31H43N7O2. The van der Waals surface area contributed by atoms with E-state index in [1.807, 2.05) is 11.1 Å². The van der Waals surface area contributed by atoms with Gasteiger partial charge in [-0.3, -0.25) is 9.80 Å². The number of piperidine rings is 1. The van der Waals surface area contributed by atoms with E-state index in [0.717, 1.165) is 74.7 Å². The molecule has 3 unspecified atom stereocenters. The van der Waals surface area contributed by atoms with E-state index in [1.54, 1.807) is 0 Å². The van der Waals surface area contributed by atoms with Gasteiger partial charge in [-0.25, -0.2) is 9.78 Å². The molecule has 2 saturated carbocycles. The van der Waals surface area contributed by atoms with Gasteiger partial charge in [0.25, 0.3) is 0 Å². The van der Waals surface area contributed by atoms with Crippen LogP contribution in [0.3, 0.4) is 0 Å². The lowest BCUT2D eigenvalue weighted by molar-refractivity contribution is 0.0365. The highest BCUT2D eigenvalue weighted by molar-refractivity contribution is 5.94. The Labute approximate surface area is 237 Å². The number of ether oxygens (including phenoxy) is 1. The summed E-state index contributed by atoms with van der Waals surface area (Å²) < 4.78 is 5.47. The van der Waals surface area contributed by atoms with Crippen molar-refractivity contribution in [1.82, 2.24) is 20.2 Å². The Hall–Kier alpha value is -2.91. The van der Waals surface area contributed by atoms with Crippen LogP contribution in [0.5, 0.6) is 0 Å². The molecule has 1 aromatic carbocycles. The Balaban J connectivity index is 0.936. The summed E-state index contributed by atoms with van der Waals surface area (Å²) in [5, 5.41) is 6.42. The second-order valence-electron chi connectivity index (χ2n) is 12.5. The first-order chi connectivity index (χ1) is 19.7. The molecule has 2 N–H and O–H groups in total. The highest BCUT2D eigenvalue weighted by Gasteiger charge is 2.46. The maximum atomic E-state index is 12.9. The summed E-state index contributed by atoms with van der Waals surface area (Å²) in [5.74, 6) is 3.54. The molecule has 2 bridgehead atoms. The summed E-state index contributed by atoms with van der Waals surface area (Å²) in [7, 11) is 0. The maximum Gasteiger partial charge on any atom is 0.323 e. The normalized spacial score (nSPS) is 27.1. The number of fused-ring (bicyclic) bond motifs is 3. The third-order valence-electron chi connectivity index (χ3n) is 10.0. The molecule has 5 aliphatic rings. The van der Waals surface area contributed by atoms with Gasteiger partial charge in [0, 0.05) is 61.9 Å². The Morgan fingerprint density at radius 2 is 1.82 bits per heavy atom. The van der Waals surface area contributed by atoms with E-state index in [1.165, 1.54) is 57.2 Å². The third kappa shape index (κ3) is 5.50. The van der Waals surface area contributed by atoms with E-state index in [-0.39, 0.29) is 12.1 Å². The lowest BCUT2D eigenvalue weighted by Crippen LogP contribution is -2.52. The second kappa shape index (κ2) is 11.5. The zero-order valence-corrected chi connectivity index (χ0v) is 23.6. The summed E-state index contributed by atoms with van der Waals surface area (Å²) in [5.41, 5.74) is 3.24. The first-order valence-corrected chi connectivity index (χ1v) is 15.5. The van der Waals surface area contributed by atoms with Gasteiger partial charge in [0.1, 0.15) is 5.82 Å². The van der Waals surface area contributed by atoms with Gasteiger partial charge in [0.2, 0.25) is 5.95 Å². The van der Waals surface area contributed by atoms with Crippen LogP contribution in [0.15, 0.2) is 30.5 Å². The van der Waals surface area contributed by atoms with Gasteiger partial charge in [-0.2, -0.15) is 4.98 Å². The van der Waals surface area contributed by atoms with Gasteiger partial charge >= 0.3 is 6.03 Å². The molecule has 40 heavy (non-hydrogen) atoms. The number of carbonyl (C=O) groups is 1. The number of hydrogen-bond donors (Lipinski definition) is 2. The molecular weight excluding hydrogens is 502 g/mol. The number of morpholine rings is 1. The van der Waals surface area contributed by atoms with E-state index >= 15 is 0 Å². The Morgan fingerprint density at radius 3 is 2.58 bits per heavy atom. The number of rotatable bonds is 8. The van der Waals surface area contributed by atoms with Crippen LogP contribution in [0, 0.1) is 17.8 Å². The molecule has 214 valence electrons. The number of anilines is 4. The number of nitrogens with one attached hydrogen (secondary N) is 2. The summed E-state index contributed by atoms with van der Waals surface area (Å²) >= 11 is 0. The van der Waals surface area contributed by atoms with Gasteiger partial charge in [-0.15, -0.1) is 0 Å². The smallest absolute Gasteiger partial charge is 0.323 e. The molecule has 2 aliphatic carbocycles. The van der Waals surface area contributed by atoms with E-state index in [4.69, 9.17) is 9.72 Å². The quantitative estimate of drug-likeness (QED) is 0.494. The zero-order chi connectivity index (χ0) is 26.9. The monoisotopic (exact) mass is 545 g/mol. The molecule has 4 heterocycles. The Kier molecular flexibility index (Phi) is 7.50. The van der Waals surface area contributed by atoms with Gasteiger partial charge in [0.05, 0.1) is 13.2 Å². The van der Waals surface area contributed by atoms with E-state index in [0.29, 0.717) is 18.4 Å². The van der Waals surface area contributed by atoms with Crippen molar-refractivity contribution in [2.45, 2.75) is 64.0 Å². The number of carbonyl (C=O) groups excluding carboxylic acids is 1. The Bertz CT molecular complexity index is 1180. The van der Waals surface area contributed by atoms with Crippen molar-refractivity contribution >= 4 is 29.2 Å². The summed E-state index contributed by atoms with van der Waals surface area (Å²) in [6.07, 6.45) is 11.9. The topological polar surface area (TPSA) is 85.9 Å². The number of urea groups is 1. The second-order valence-corrected chi connectivity index (χ2v) is 12.5. The van der Waals surface area contributed by atoms with Crippen molar-refractivity contribution in [3.05, 3.63) is 36.0 Å². The fourth-order valence-corrected chi connectivity index (χ4v) is 7.77. The average Bonchev–Trinajstić information content (AvgIpc) is 3.63. The van der Waals surface area contributed by atoms with E-state index < -0.39 is 0 Å². The minimum Gasteiger partial charge on any atom is -0.379 e. The van der Waals surface area contributed by atoms with Crippen molar-refractivity contribution in [2.75, 3.05) is 61.1 Å². The predicted octanol–water partition coefficient (Wildman–Crippen LogP) is 4.77. The van der Waals surface area contributed by atoms with E-state index in [9.17, 15) is 4.79 Å². The largest absolute Gasteiger partial charge is 0.379 e. The highest BCUT2D eigenvalue weighted by atomic mass is 16.5. The number of nitrogens with zero attached hydrogens (tertiary/aromatic N) is 5. The SMILES string of the molecule is O=C1NCc2cnc(Nc3ccc(N4CCC(CCCN5CCOCC5)CC4)cc3)nc2N1C1CC2CCC1C2. The highest BCUT2D eigenvalue weighted by Crippen LogP contribution is 2.48. The van der Waals surface area contributed by atoms with Crippen LogP contribution in [-0.4, -0.2) is 72.9 Å². The average molecular weight is 546 g/mol. The van der Waals surface area contributed by atoms with Crippen molar-refractivity contribution in [3.8, 4) is 0 Å². The Morgan fingerprint density at radius 1 is 1.00 bits per heavy atom. The van der Waals surface area contributed by atoms with Crippen LogP contribution in [0.1, 0.15) is 56.9 Å². The van der Waals surface area contributed by atoms with Crippen molar-refractivity contribution < 1.29 is 9.53 Å². The first-order valence-electron chi connectivity index (χ1n) is 15.5. The van der Waals surface area contributed by atoms with Gasteiger partial charge < -0.3 is 20.3 Å². The van der Waals surface area contributed by atoms with Crippen LogP contribution >= 0.6 is 0 Å². The summed E-state index contributed by atoms with van der Waals surface area (Å²) in [6.45, 7) is 7.95. The number of amides is 2. The molecule has 3 aliphatic heterocycles. The van der Waals surface area contributed by atoms with Crippen LogP contribution in [0.2, 0.25) is 0 Å². The predicted molar refractivity (Wildman–Crippen MR) is 157 cm³/mol. The molecule has 7 rings (SSSR count). The van der Waals surface area contributed by atoms with Crippen LogP contribution in [0.25, 0.3) is 0 Å². The number of aromatic nitrogens is 2. The zero-order valence-electron chi connectivity index (χ0n) is 23.6.